The van der Waals surface area contributed by atoms with E-state index in [1.807, 2.05) is 42.5 Å². The van der Waals surface area contributed by atoms with E-state index in [9.17, 15) is 0 Å². The third-order valence-electron chi connectivity index (χ3n) is 6.94. The van der Waals surface area contributed by atoms with Gasteiger partial charge in [0.15, 0.2) is 0 Å². The molecule has 0 aliphatic carbocycles. The minimum absolute atomic E-state index is 0.248. The highest BCUT2D eigenvalue weighted by Crippen LogP contribution is 2.23. The molecule has 1 heteroatoms. The van der Waals surface area contributed by atoms with E-state index in [0.29, 0.717) is 10.9 Å². The molecule has 0 amide bonds. The number of rotatable bonds is 9. The fourth-order valence-electron chi connectivity index (χ4n) is 4.58. The Balaban J connectivity index is 1.37. The van der Waals surface area contributed by atoms with Crippen molar-refractivity contribution in [1.82, 2.24) is 0 Å². The average Bonchev–Trinajstić information content (AvgIpc) is 2.95. The van der Waals surface area contributed by atoms with Crippen LogP contribution in [-0.2, 0) is 12.8 Å². The van der Waals surface area contributed by atoms with Crippen LogP contribution in [0.5, 0.6) is 0 Å². The minimum atomic E-state index is -0.248. The number of halogens is 1. The molecule has 0 N–H and O–H groups in total. The van der Waals surface area contributed by atoms with E-state index in [2.05, 4.69) is 67.9 Å². The summed E-state index contributed by atoms with van der Waals surface area (Å²) < 4.78 is 15.1. The molecular formula is C37H37F. The zero-order chi connectivity index (χ0) is 26.6. The van der Waals surface area contributed by atoms with Gasteiger partial charge in [0.25, 0.3) is 0 Å². The van der Waals surface area contributed by atoms with Gasteiger partial charge in [-0.05, 0) is 84.7 Å². The maximum absolute atomic E-state index is 15.1. The number of aryl methyl sites for hydroxylation is 2. The van der Waals surface area contributed by atoms with Crippen molar-refractivity contribution in [1.29, 1.82) is 0 Å². The smallest absolute Gasteiger partial charge is 0.146 e. The van der Waals surface area contributed by atoms with Crippen LogP contribution in [0.1, 0.15) is 92.2 Å². The first kappa shape index (κ1) is 27.2. The molecule has 4 aromatic carbocycles. The van der Waals surface area contributed by atoms with E-state index in [1.165, 1.54) is 43.2 Å². The monoisotopic (exact) mass is 500 g/mol. The van der Waals surface area contributed by atoms with Gasteiger partial charge in [-0.2, -0.15) is 0 Å². The van der Waals surface area contributed by atoms with Crippen LogP contribution in [0.3, 0.4) is 0 Å². The van der Waals surface area contributed by atoms with Gasteiger partial charge in [0.1, 0.15) is 5.82 Å². The van der Waals surface area contributed by atoms with E-state index in [1.54, 1.807) is 6.07 Å². The predicted octanol–water partition coefficient (Wildman–Crippen LogP) is 9.63. The molecule has 0 fully saturated rings. The lowest BCUT2D eigenvalue weighted by molar-refractivity contribution is 0.632. The molecule has 4 rings (SSSR count). The number of unbranched alkanes of at least 4 members (excludes halogenated alkanes) is 5. The average molecular weight is 501 g/mol. The summed E-state index contributed by atoms with van der Waals surface area (Å²) in [7, 11) is 0. The molecule has 0 bridgehead atoms. The number of benzene rings is 4. The standard InChI is InChI=1S/C37H37F/c1-3-5-7-8-9-11-29-12-14-30(15-13-29)16-17-31-18-20-32(21-19-31)22-24-34-25-26-35-28-33(10-6-4-2)23-27-36(35)37(34)38/h12-15,18-21,23,25-28H,3-11H2,1-2H3. The van der Waals surface area contributed by atoms with Crippen LogP contribution in [0.4, 0.5) is 4.39 Å². The van der Waals surface area contributed by atoms with Crippen molar-refractivity contribution >= 4 is 10.8 Å². The molecule has 0 atom stereocenters. The summed E-state index contributed by atoms with van der Waals surface area (Å²) in [4.78, 5) is 0. The first-order valence-corrected chi connectivity index (χ1v) is 14.1. The topological polar surface area (TPSA) is 0 Å². The SMILES string of the molecule is CCCCCCCc1ccc(C#Cc2ccc(C#Cc3ccc4cc(CCCC)ccc4c3F)cc2)cc1. The van der Waals surface area contributed by atoms with Gasteiger partial charge in [0.2, 0.25) is 0 Å². The summed E-state index contributed by atoms with van der Waals surface area (Å²) in [6.45, 7) is 4.43. The molecule has 0 aliphatic rings. The van der Waals surface area contributed by atoms with Crippen molar-refractivity contribution < 1.29 is 4.39 Å². The molecule has 0 radical (unpaired) electrons. The third-order valence-corrected chi connectivity index (χ3v) is 6.94. The second kappa shape index (κ2) is 14.2. The highest BCUT2D eigenvalue weighted by molar-refractivity contribution is 5.85. The highest BCUT2D eigenvalue weighted by atomic mass is 19.1. The van der Waals surface area contributed by atoms with Crippen LogP contribution < -0.4 is 0 Å². The predicted molar refractivity (Wildman–Crippen MR) is 160 cm³/mol. The quantitative estimate of drug-likeness (QED) is 0.158. The summed E-state index contributed by atoms with van der Waals surface area (Å²) in [5.41, 5.74) is 5.86. The fraction of sp³-hybridized carbons (Fsp3) is 0.297. The molecule has 0 saturated heterocycles. The zero-order valence-corrected chi connectivity index (χ0v) is 22.7. The van der Waals surface area contributed by atoms with E-state index in [0.717, 1.165) is 47.8 Å². The largest absolute Gasteiger partial charge is 0.205 e. The number of fused-ring (bicyclic) bond motifs is 1. The molecular weight excluding hydrogens is 463 g/mol. The van der Waals surface area contributed by atoms with Gasteiger partial charge in [0.05, 0.1) is 5.56 Å². The van der Waals surface area contributed by atoms with E-state index in [4.69, 9.17) is 0 Å². The molecule has 0 spiro atoms. The summed E-state index contributed by atoms with van der Waals surface area (Å²) in [6.07, 6.45) is 11.0. The summed E-state index contributed by atoms with van der Waals surface area (Å²) in [5.74, 6) is 12.4. The Hall–Kier alpha value is -3.81. The Bertz CT molecular complexity index is 1450. The van der Waals surface area contributed by atoms with Crippen LogP contribution in [0.25, 0.3) is 10.8 Å². The Morgan fingerprint density at radius 3 is 1.74 bits per heavy atom. The van der Waals surface area contributed by atoms with Crippen LogP contribution >= 0.6 is 0 Å². The molecule has 0 heterocycles. The second-order valence-electron chi connectivity index (χ2n) is 10.0. The maximum atomic E-state index is 15.1. The lowest BCUT2D eigenvalue weighted by Gasteiger charge is -2.05. The molecule has 0 unspecified atom stereocenters. The number of hydrogen-bond donors (Lipinski definition) is 0. The van der Waals surface area contributed by atoms with E-state index in [-0.39, 0.29) is 5.82 Å². The van der Waals surface area contributed by atoms with Crippen LogP contribution in [0.15, 0.2) is 78.9 Å². The molecule has 0 saturated carbocycles. The van der Waals surface area contributed by atoms with Crippen molar-refractivity contribution in [3.8, 4) is 23.7 Å². The van der Waals surface area contributed by atoms with Crippen molar-refractivity contribution in [3.05, 3.63) is 118 Å². The van der Waals surface area contributed by atoms with E-state index < -0.39 is 0 Å². The lowest BCUT2D eigenvalue weighted by atomic mass is 10.0. The molecule has 0 aromatic heterocycles. The van der Waals surface area contributed by atoms with Crippen LogP contribution in [-0.4, -0.2) is 0 Å². The normalized spacial score (nSPS) is 10.5. The van der Waals surface area contributed by atoms with Crippen molar-refractivity contribution in [2.75, 3.05) is 0 Å². The van der Waals surface area contributed by atoms with Gasteiger partial charge in [-0.25, -0.2) is 4.39 Å². The molecule has 192 valence electrons. The summed E-state index contributed by atoms with van der Waals surface area (Å²) >= 11 is 0. The Morgan fingerprint density at radius 2 is 1.08 bits per heavy atom. The van der Waals surface area contributed by atoms with Crippen LogP contribution in [0.2, 0.25) is 0 Å². The molecule has 0 aliphatic heterocycles. The fourth-order valence-corrected chi connectivity index (χ4v) is 4.58. The highest BCUT2D eigenvalue weighted by Gasteiger charge is 2.06. The summed E-state index contributed by atoms with van der Waals surface area (Å²) in [5, 5.41) is 1.56. The lowest BCUT2D eigenvalue weighted by Crippen LogP contribution is -1.90. The molecule has 0 nitrogen and oxygen atoms in total. The van der Waals surface area contributed by atoms with Gasteiger partial charge in [-0.1, -0.05) is 106 Å². The van der Waals surface area contributed by atoms with Gasteiger partial charge < -0.3 is 0 Å². The van der Waals surface area contributed by atoms with Crippen molar-refractivity contribution in [3.63, 3.8) is 0 Å². The van der Waals surface area contributed by atoms with Crippen molar-refractivity contribution in [2.45, 2.75) is 71.6 Å². The summed E-state index contributed by atoms with van der Waals surface area (Å²) in [6, 6.07) is 26.2. The number of hydrogen-bond acceptors (Lipinski definition) is 0. The first-order chi connectivity index (χ1) is 18.7. The first-order valence-electron chi connectivity index (χ1n) is 14.1. The molecule has 38 heavy (non-hydrogen) atoms. The third kappa shape index (κ3) is 7.84. The Kier molecular flexibility index (Phi) is 10.2. The maximum Gasteiger partial charge on any atom is 0.146 e. The van der Waals surface area contributed by atoms with Gasteiger partial charge in [-0.15, -0.1) is 0 Å². The molecule has 4 aromatic rings. The van der Waals surface area contributed by atoms with Gasteiger partial charge in [0, 0.05) is 22.1 Å². The second-order valence-corrected chi connectivity index (χ2v) is 10.0. The zero-order valence-electron chi connectivity index (χ0n) is 22.7. The van der Waals surface area contributed by atoms with E-state index >= 15 is 4.39 Å². The Morgan fingerprint density at radius 1 is 0.526 bits per heavy atom. The van der Waals surface area contributed by atoms with Crippen LogP contribution in [0, 0.1) is 29.5 Å². The minimum Gasteiger partial charge on any atom is -0.205 e. The Labute approximate surface area is 228 Å². The van der Waals surface area contributed by atoms with Crippen molar-refractivity contribution in [2.24, 2.45) is 0 Å². The van der Waals surface area contributed by atoms with Gasteiger partial charge in [-0.3, -0.25) is 0 Å². The van der Waals surface area contributed by atoms with Gasteiger partial charge >= 0.3 is 0 Å².